The standard InChI is InChI=1S/C35H51IN6O4/c1-9-10-25(24-11-12-24)17-27(29(37)13-14-41-15-16-42(22(3)20-41)34(45)46-35(5,6)7)30-23(4)26(18-28(36)31(30)43)33(44)38-32-21(2)19-40(8)39-32/h17-19,22,24,43H,9-16,20,37H2,1-8H3,(H,38,39,44)/b25-17+,29-27+/t22-/m1/s1. The van der Waals surface area contributed by atoms with Gasteiger partial charge < -0.3 is 25.8 Å². The molecule has 0 spiro atoms. The second kappa shape index (κ2) is 14.8. The van der Waals surface area contributed by atoms with Gasteiger partial charge in [-0.1, -0.05) is 25.0 Å². The van der Waals surface area contributed by atoms with Crippen molar-refractivity contribution in [3.8, 4) is 5.75 Å². The Morgan fingerprint density at radius 1 is 1.22 bits per heavy atom. The molecule has 0 radical (unpaired) electrons. The van der Waals surface area contributed by atoms with Crippen molar-refractivity contribution in [3.63, 3.8) is 0 Å². The second-order valence-electron chi connectivity index (χ2n) is 13.8. The van der Waals surface area contributed by atoms with Crippen LogP contribution in [0.15, 0.2) is 29.6 Å². The molecular formula is C35H51IN6O4. The lowest BCUT2D eigenvalue weighted by atomic mass is 9.90. The molecule has 2 aliphatic rings. The van der Waals surface area contributed by atoms with Crippen molar-refractivity contribution < 1.29 is 19.4 Å². The first-order valence-electron chi connectivity index (χ1n) is 16.3. The van der Waals surface area contributed by atoms with Gasteiger partial charge in [-0.05, 0) is 101 Å². The number of halogens is 1. The Labute approximate surface area is 287 Å². The van der Waals surface area contributed by atoms with Crippen LogP contribution >= 0.6 is 22.6 Å². The SMILES string of the molecule is CCC/C(=C\C(=C(/N)CCN1CCN(C(=O)OC(C)(C)C)[C@H](C)C1)c1c(C)c(C(=O)Nc2nn(C)cc2C)cc(I)c1O)C1CC1. The van der Waals surface area contributed by atoms with Gasteiger partial charge in [0.15, 0.2) is 5.82 Å². The van der Waals surface area contributed by atoms with E-state index in [1.165, 1.54) is 5.57 Å². The Morgan fingerprint density at radius 3 is 2.48 bits per heavy atom. The van der Waals surface area contributed by atoms with Crippen molar-refractivity contribution in [3.05, 3.63) is 55.4 Å². The smallest absolute Gasteiger partial charge is 0.410 e. The Morgan fingerprint density at radius 2 is 1.91 bits per heavy atom. The van der Waals surface area contributed by atoms with Crippen molar-refractivity contribution in [1.29, 1.82) is 0 Å². The van der Waals surface area contributed by atoms with E-state index in [2.05, 4.69) is 50.9 Å². The molecule has 1 aromatic carbocycles. The highest BCUT2D eigenvalue weighted by Gasteiger charge is 2.31. The van der Waals surface area contributed by atoms with Crippen molar-refractivity contribution in [2.75, 3.05) is 31.5 Å². The number of amides is 2. The summed E-state index contributed by atoms with van der Waals surface area (Å²) >= 11 is 2.09. The number of aromatic hydroxyl groups is 1. The molecular weight excluding hydrogens is 695 g/mol. The normalized spacial score (nSPS) is 18.4. The summed E-state index contributed by atoms with van der Waals surface area (Å²) in [5, 5.41) is 18.9. The zero-order valence-corrected chi connectivity index (χ0v) is 30.8. The summed E-state index contributed by atoms with van der Waals surface area (Å²) in [6, 6.07) is 1.73. The third kappa shape index (κ3) is 8.84. The third-order valence-electron chi connectivity index (χ3n) is 8.62. The number of ether oxygens (including phenoxy) is 1. The molecule has 4 N–H and O–H groups in total. The van der Waals surface area contributed by atoms with E-state index < -0.39 is 5.60 Å². The van der Waals surface area contributed by atoms with Crippen molar-refractivity contribution in [1.82, 2.24) is 19.6 Å². The molecule has 1 aliphatic heterocycles. The number of nitrogens with one attached hydrogen (secondary N) is 1. The largest absolute Gasteiger partial charge is 0.506 e. The van der Waals surface area contributed by atoms with E-state index in [1.54, 1.807) is 15.6 Å². The molecule has 1 saturated heterocycles. The number of aromatic nitrogens is 2. The molecule has 1 aliphatic carbocycles. The zero-order chi connectivity index (χ0) is 33.9. The van der Waals surface area contributed by atoms with E-state index in [1.807, 2.05) is 54.8 Å². The van der Waals surface area contributed by atoms with Crippen LogP contribution in [0.25, 0.3) is 5.57 Å². The predicted octanol–water partition coefficient (Wildman–Crippen LogP) is 6.74. The van der Waals surface area contributed by atoms with Crippen LogP contribution in [0.4, 0.5) is 10.6 Å². The van der Waals surface area contributed by atoms with Gasteiger partial charge in [-0.25, -0.2) is 4.79 Å². The summed E-state index contributed by atoms with van der Waals surface area (Å²) in [6.45, 7) is 16.4. The molecule has 4 rings (SSSR count). The molecule has 0 bridgehead atoms. The summed E-state index contributed by atoms with van der Waals surface area (Å²) in [5.41, 5.74) is 11.8. The Balaban J connectivity index is 1.65. The highest BCUT2D eigenvalue weighted by atomic mass is 127. The summed E-state index contributed by atoms with van der Waals surface area (Å²) in [5.74, 6) is 0.883. The van der Waals surface area contributed by atoms with E-state index in [0.29, 0.717) is 63.7 Å². The van der Waals surface area contributed by atoms with Crippen LogP contribution in [-0.4, -0.2) is 74.5 Å². The number of phenols is 1. The average molecular weight is 747 g/mol. The number of carbonyl (C=O) groups excluding carboxylic acids is 2. The van der Waals surface area contributed by atoms with E-state index >= 15 is 0 Å². The van der Waals surface area contributed by atoms with Gasteiger partial charge >= 0.3 is 6.09 Å². The lowest BCUT2D eigenvalue weighted by Crippen LogP contribution is -2.55. The minimum absolute atomic E-state index is 0.00463. The molecule has 0 unspecified atom stereocenters. The van der Waals surface area contributed by atoms with Crippen LogP contribution < -0.4 is 11.1 Å². The summed E-state index contributed by atoms with van der Waals surface area (Å²) < 4.78 is 7.87. The number of benzene rings is 1. The summed E-state index contributed by atoms with van der Waals surface area (Å²) in [7, 11) is 1.82. The first kappa shape index (κ1) is 35.8. The van der Waals surface area contributed by atoms with Gasteiger partial charge in [-0.2, -0.15) is 5.10 Å². The van der Waals surface area contributed by atoms with E-state index in [9.17, 15) is 14.7 Å². The number of nitrogens with zero attached hydrogens (tertiary/aromatic N) is 4. The molecule has 1 saturated carbocycles. The van der Waals surface area contributed by atoms with Crippen LogP contribution in [0.3, 0.4) is 0 Å². The number of hydrogen-bond acceptors (Lipinski definition) is 7. The van der Waals surface area contributed by atoms with E-state index in [-0.39, 0.29) is 23.8 Å². The van der Waals surface area contributed by atoms with Crippen LogP contribution in [0.5, 0.6) is 5.75 Å². The van der Waals surface area contributed by atoms with Crippen LogP contribution in [0, 0.1) is 23.3 Å². The summed E-state index contributed by atoms with van der Waals surface area (Å²) in [6.07, 6.45) is 8.63. The number of nitrogens with two attached hydrogens (primary N) is 1. The molecule has 1 aromatic heterocycles. The predicted molar refractivity (Wildman–Crippen MR) is 192 cm³/mol. The maximum absolute atomic E-state index is 13.6. The van der Waals surface area contributed by atoms with Crippen LogP contribution in [0.1, 0.15) is 93.8 Å². The highest BCUT2D eigenvalue weighted by Crippen LogP contribution is 2.43. The van der Waals surface area contributed by atoms with E-state index in [0.717, 1.165) is 43.4 Å². The molecule has 1 atom stereocenters. The number of carbonyl (C=O) groups is 2. The maximum atomic E-state index is 13.6. The number of hydrogen-bond donors (Lipinski definition) is 3. The fourth-order valence-corrected chi connectivity index (χ4v) is 6.68. The monoisotopic (exact) mass is 746 g/mol. The number of allylic oxidation sites excluding steroid dienone is 3. The second-order valence-corrected chi connectivity index (χ2v) is 15.0. The average Bonchev–Trinajstić information content (AvgIpc) is 3.76. The molecule has 2 heterocycles. The number of piperazine rings is 1. The Hall–Kier alpha value is -3.06. The van der Waals surface area contributed by atoms with Gasteiger partial charge in [-0.15, -0.1) is 0 Å². The van der Waals surface area contributed by atoms with Crippen LogP contribution in [0.2, 0.25) is 0 Å². The molecule has 46 heavy (non-hydrogen) atoms. The molecule has 2 amide bonds. The minimum atomic E-state index is -0.537. The molecule has 2 fully saturated rings. The first-order valence-corrected chi connectivity index (χ1v) is 17.4. The minimum Gasteiger partial charge on any atom is -0.506 e. The lowest BCUT2D eigenvalue weighted by molar-refractivity contribution is 0.00161. The van der Waals surface area contributed by atoms with Crippen molar-refractivity contribution in [2.45, 2.75) is 92.2 Å². The molecule has 2 aromatic rings. The maximum Gasteiger partial charge on any atom is 0.410 e. The number of phenolic OH excluding ortho intramolecular Hbond substituents is 1. The molecule has 10 nitrogen and oxygen atoms in total. The lowest BCUT2D eigenvalue weighted by Gasteiger charge is -2.40. The fraction of sp³-hybridized carbons (Fsp3) is 0.571. The first-order chi connectivity index (χ1) is 21.6. The van der Waals surface area contributed by atoms with Gasteiger partial charge in [0.1, 0.15) is 11.4 Å². The Kier molecular flexibility index (Phi) is 11.5. The van der Waals surface area contributed by atoms with Gasteiger partial charge in [0, 0.05) is 79.8 Å². The molecule has 11 heteroatoms. The van der Waals surface area contributed by atoms with Crippen molar-refractivity contribution in [2.24, 2.45) is 18.7 Å². The van der Waals surface area contributed by atoms with E-state index in [4.69, 9.17) is 10.5 Å². The van der Waals surface area contributed by atoms with Gasteiger partial charge in [0.2, 0.25) is 0 Å². The third-order valence-corrected chi connectivity index (χ3v) is 9.45. The quantitative estimate of drug-likeness (QED) is 0.182. The molecule has 252 valence electrons. The summed E-state index contributed by atoms with van der Waals surface area (Å²) in [4.78, 5) is 30.5. The van der Waals surface area contributed by atoms with Gasteiger partial charge in [-0.3, -0.25) is 14.4 Å². The number of anilines is 1. The van der Waals surface area contributed by atoms with Gasteiger partial charge in [0.05, 0.1) is 3.57 Å². The topological polar surface area (TPSA) is 126 Å². The zero-order valence-electron chi connectivity index (χ0n) is 28.7. The number of aryl methyl sites for hydroxylation is 2. The van der Waals surface area contributed by atoms with Crippen LogP contribution in [-0.2, 0) is 11.8 Å². The fourth-order valence-electron chi connectivity index (χ4n) is 6.09. The Bertz CT molecular complexity index is 1520. The highest BCUT2D eigenvalue weighted by molar-refractivity contribution is 14.1. The van der Waals surface area contributed by atoms with Crippen molar-refractivity contribution >= 4 is 46.0 Å². The van der Waals surface area contributed by atoms with Gasteiger partial charge in [0.25, 0.3) is 5.91 Å². The number of rotatable bonds is 10.